The highest BCUT2D eigenvalue weighted by atomic mass is 19.3. The minimum Gasteiger partial charge on any atom is -0.395 e. The number of nitrogens with two attached hydrogens (primary N) is 1. The van der Waals surface area contributed by atoms with Crippen LogP contribution in [0.25, 0.3) is 0 Å². The molecule has 0 aromatic heterocycles. The molecule has 20 heavy (non-hydrogen) atoms. The van der Waals surface area contributed by atoms with Crippen LogP contribution >= 0.6 is 0 Å². The molecule has 7 heteroatoms. The predicted molar refractivity (Wildman–Crippen MR) is 66.6 cm³/mol. The van der Waals surface area contributed by atoms with Gasteiger partial charge in [0, 0.05) is 11.8 Å². The van der Waals surface area contributed by atoms with Gasteiger partial charge in [0.15, 0.2) is 11.5 Å². The average Bonchev–Trinajstić information content (AvgIpc) is 3.12. The number of benzene rings is 1. The number of halogens is 2. The van der Waals surface area contributed by atoms with Gasteiger partial charge >= 0.3 is 6.29 Å². The van der Waals surface area contributed by atoms with E-state index in [9.17, 15) is 13.6 Å². The molecule has 1 aromatic rings. The Kier molecular flexibility index (Phi) is 2.66. The van der Waals surface area contributed by atoms with Gasteiger partial charge in [-0.15, -0.1) is 8.78 Å². The minimum absolute atomic E-state index is 0.0642. The molecule has 1 unspecified atom stereocenters. The van der Waals surface area contributed by atoms with Crippen molar-refractivity contribution in [2.45, 2.75) is 31.6 Å². The number of hydrogen-bond acceptors (Lipinski definition) is 4. The van der Waals surface area contributed by atoms with Crippen molar-refractivity contribution in [3.63, 3.8) is 0 Å². The lowest BCUT2D eigenvalue weighted by atomic mass is 9.96. The van der Waals surface area contributed by atoms with E-state index in [2.05, 4.69) is 14.8 Å². The van der Waals surface area contributed by atoms with Crippen LogP contribution in [0.2, 0.25) is 0 Å². The molecule has 0 spiro atoms. The molecule has 3 N–H and O–H groups in total. The van der Waals surface area contributed by atoms with E-state index in [4.69, 9.17) is 5.73 Å². The second-order valence-electron chi connectivity index (χ2n) is 5.34. The van der Waals surface area contributed by atoms with Gasteiger partial charge in [0.1, 0.15) is 0 Å². The third-order valence-electron chi connectivity index (χ3n) is 3.57. The monoisotopic (exact) mass is 284 g/mol. The molecular formula is C13H14F2N2O3. The van der Waals surface area contributed by atoms with Crippen molar-refractivity contribution in [3.8, 4) is 11.5 Å². The number of nitrogens with one attached hydrogen (secondary N) is 1. The molecule has 108 valence electrons. The molecule has 0 bridgehead atoms. The predicted octanol–water partition coefficient (Wildman–Crippen LogP) is 2.07. The van der Waals surface area contributed by atoms with E-state index in [1.165, 1.54) is 18.2 Å². The van der Waals surface area contributed by atoms with E-state index in [-0.39, 0.29) is 23.3 Å². The van der Waals surface area contributed by atoms with Crippen molar-refractivity contribution in [1.82, 2.24) is 0 Å². The fraction of sp³-hybridized carbons (Fsp3) is 0.462. The first-order valence-corrected chi connectivity index (χ1v) is 6.28. The Morgan fingerprint density at radius 3 is 2.70 bits per heavy atom. The molecule has 1 heterocycles. The Labute approximate surface area is 114 Å². The van der Waals surface area contributed by atoms with Gasteiger partial charge in [-0.05, 0) is 37.8 Å². The quantitative estimate of drug-likeness (QED) is 0.891. The lowest BCUT2D eigenvalue weighted by Crippen LogP contribution is -2.50. The van der Waals surface area contributed by atoms with Crippen LogP contribution in [-0.2, 0) is 4.79 Å². The van der Waals surface area contributed by atoms with Gasteiger partial charge in [-0.2, -0.15) is 0 Å². The molecule has 1 saturated carbocycles. The van der Waals surface area contributed by atoms with Crippen LogP contribution in [0.3, 0.4) is 0 Å². The third kappa shape index (κ3) is 2.29. The molecule has 1 aliphatic heterocycles. The summed E-state index contributed by atoms with van der Waals surface area (Å²) in [6, 6.07) is 4.07. The molecule has 3 rings (SSSR count). The Bertz CT molecular complexity index is 571. The van der Waals surface area contributed by atoms with Gasteiger partial charge in [0.05, 0.1) is 5.54 Å². The average molecular weight is 284 g/mol. The highest BCUT2D eigenvalue weighted by Crippen LogP contribution is 2.43. The second-order valence-corrected chi connectivity index (χ2v) is 5.34. The van der Waals surface area contributed by atoms with Crippen LogP contribution in [0.4, 0.5) is 14.5 Å². The number of ether oxygens (including phenoxy) is 2. The maximum atomic E-state index is 12.9. The number of anilines is 1. The molecule has 5 nitrogen and oxygen atoms in total. The minimum atomic E-state index is -3.67. The molecule has 0 saturated heterocycles. The first kappa shape index (κ1) is 13.1. The molecule has 0 radical (unpaired) electrons. The van der Waals surface area contributed by atoms with E-state index in [1.54, 1.807) is 6.92 Å². The van der Waals surface area contributed by atoms with Gasteiger partial charge in [0.25, 0.3) is 0 Å². The van der Waals surface area contributed by atoms with E-state index < -0.39 is 11.8 Å². The number of hydrogen-bond donors (Lipinski definition) is 2. The van der Waals surface area contributed by atoms with Gasteiger partial charge in [-0.3, -0.25) is 4.79 Å². The molecule has 2 aliphatic rings. The second kappa shape index (κ2) is 4.05. The molecule has 1 aliphatic carbocycles. The summed E-state index contributed by atoms with van der Waals surface area (Å²) < 4.78 is 34.4. The number of carbonyl (C=O) groups is 1. The van der Waals surface area contributed by atoms with E-state index >= 15 is 0 Å². The van der Waals surface area contributed by atoms with Gasteiger partial charge in [-0.1, -0.05) is 0 Å². The summed E-state index contributed by atoms with van der Waals surface area (Å²) in [6.45, 7) is 1.67. The van der Waals surface area contributed by atoms with Gasteiger partial charge < -0.3 is 20.5 Å². The first-order chi connectivity index (χ1) is 9.28. The van der Waals surface area contributed by atoms with E-state index in [1.807, 2.05) is 0 Å². The first-order valence-electron chi connectivity index (χ1n) is 6.28. The molecule has 1 fully saturated rings. The Morgan fingerprint density at radius 2 is 2.05 bits per heavy atom. The van der Waals surface area contributed by atoms with Crippen LogP contribution < -0.4 is 20.5 Å². The van der Waals surface area contributed by atoms with Crippen LogP contribution in [0.15, 0.2) is 18.2 Å². The van der Waals surface area contributed by atoms with Crippen molar-refractivity contribution >= 4 is 11.6 Å². The summed E-state index contributed by atoms with van der Waals surface area (Å²) in [4.78, 5) is 12.1. The summed E-state index contributed by atoms with van der Waals surface area (Å²) in [5.74, 6) is -0.352. The van der Waals surface area contributed by atoms with Crippen LogP contribution in [0.1, 0.15) is 19.8 Å². The van der Waals surface area contributed by atoms with Crippen molar-refractivity contribution in [1.29, 1.82) is 0 Å². The number of alkyl halides is 2. The summed E-state index contributed by atoms with van der Waals surface area (Å²) in [6.07, 6.45) is -1.82. The largest absolute Gasteiger partial charge is 0.586 e. The highest BCUT2D eigenvalue weighted by Gasteiger charge is 2.45. The zero-order valence-electron chi connectivity index (χ0n) is 10.8. The van der Waals surface area contributed by atoms with Crippen molar-refractivity contribution in [2.24, 2.45) is 11.7 Å². The summed E-state index contributed by atoms with van der Waals surface area (Å²) in [5.41, 5.74) is 5.36. The lowest BCUT2D eigenvalue weighted by Gasteiger charge is -2.23. The van der Waals surface area contributed by atoms with Gasteiger partial charge in [-0.25, -0.2) is 0 Å². The number of carbonyl (C=O) groups excluding carboxylic acids is 1. The van der Waals surface area contributed by atoms with Crippen LogP contribution in [-0.4, -0.2) is 17.7 Å². The normalized spacial score (nSPS) is 22.2. The zero-order valence-corrected chi connectivity index (χ0v) is 10.8. The lowest BCUT2D eigenvalue weighted by molar-refractivity contribution is -0.286. The van der Waals surface area contributed by atoms with E-state index in [0.717, 1.165) is 12.8 Å². The Morgan fingerprint density at radius 1 is 1.40 bits per heavy atom. The molecule has 1 aromatic carbocycles. The van der Waals surface area contributed by atoms with Gasteiger partial charge in [0.2, 0.25) is 5.91 Å². The van der Waals surface area contributed by atoms with Crippen LogP contribution in [0.5, 0.6) is 11.5 Å². The van der Waals surface area contributed by atoms with Crippen molar-refractivity contribution in [2.75, 3.05) is 5.32 Å². The van der Waals surface area contributed by atoms with Crippen molar-refractivity contribution < 1.29 is 23.0 Å². The standard InChI is InChI=1S/C13H14F2N2O3/c1-12(16,7-2-3-7)11(18)17-8-4-5-9-10(6-8)20-13(14,15)19-9/h4-7H,2-3,16H2,1H3,(H,17,18). The molecule has 1 atom stereocenters. The fourth-order valence-corrected chi connectivity index (χ4v) is 2.16. The topological polar surface area (TPSA) is 73.6 Å². The maximum absolute atomic E-state index is 12.9. The fourth-order valence-electron chi connectivity index (χ4n) is 2.16. The number of rotatable bonds is 3. The summed E-state index contributed by atoms with van der Waals surface area (Å²) in [5, 5.41) is 2.62. The Hall–Kier alpha value is -1.89. The van der Waals surface area contributed by atoms with Crippen LogP contribution in [0, 0.1) is 5.92 Å². The molecular weight excluding hydrogens is 270 g/mol. The molecule has 1 amide bonds. The smallest absolute Gasteiger partial charge is 0.395 e. The zero-order chi connectivity index (χ0) is 14.5. The summed E-state index contributed by atoms with van der Waals surface area (Å²) >= 11 is 0. The number of amides is 1. The highest BCUT2D eigenvalue weighted by molar-refractivity contribution is 5.98. The summed E-state index contributed by atoms with van der Waals surface area (Å²) in [7, 11) is 0. The van der Waals surface area contributed by atoms with E-state index in [0.29, 0.717) is 5.69 Å². The Balaban J connectivity index is 1.75. The maximum Gasteiger partial charge on any atom is 0.586 e. The third-order valence-corrected chi connectivity index (χ3v) is 3.57. The number of fused-ring (bicyclic) bond motifs is 1. The SMILES string of the molecule is CC(N)(C(=O)Nc1ccc2c(c1)OC(F)(F)O2)C1CC1. The van der Waals surface area contributed by atoms with Crippen molar-refractivity contribution in [3.05, 3.63) is 18.2 Å².